The molecule has 1 amide bonds. The molecule has 1 fully saturated rings. The van der Waals surface area contributed by atoms with Crippen molar-refractivity contribution in [3.63, 3.8) is 0 Å². The number of likely N-dealkylation sites (N-methyl/N-ethyl adjacent to an activating group) is 1. The van der Waals surface area contributed by atoms with Gasteiger partial charge in [0.1, 0.15) is 28.6 Å². The molecule has 9 nitrogen and oxygen atoms in total. The van der Waals surface area contributed by atoms with Crippen LogP contribution in [0.4, 0.5) is 0 Å². The third-order valence-corrected chi connectivity index (χ3v) is 7.63. The topological polar surface area (TPSA) is 161 Å². The van der Waals surface area contributed by atoms with Crippen molar-refractivity contribution < 1.29 is 34.8 Å². The van der Waals surface area contributed by atoms with E-state index in [1.165, 1.54) is 18.2 Å². The number of carbonyl (C=O) groups excluding carboxylic acids is 3. The number of ketones is 2. The second-order valence-corrected chi connectivity index (χ2v) is 9.83. The van der Waals surface area contributed by atoms with E-state index in [4.69, 9.17) is 5.73 Å². The van der Waals surface area contributed by atoms with E-state index in [9.17, 15) is 34.8 Å². The zero-order valence-electron chi connectivity index (χ0n) is 19.7. The maximum atomic E-state index is 13.7. The summed E-state index contributed by atoms with van der Waals surface area (Å²) in [4.78, 5) is 40.6. The fourth-order valence-electron chi connectivity index (χ4n) is 6.18. The molecule has 0 radical (unpaired) electrons. The van der Waals surface area contributed by atoms with Crippen LogP contribution >= 0.6 is 0 Å². The average molecular weight is 491 g/mol. The number of hydrogen-bond acceptors (Lipinski definition) is 8. The minimum Gasteiger partial charge on any atom is -0.510 e. The fourth-order valence-corrected chi connectivity index (χ4v) is 6.18. The van der Waals surface area contributed by atoms with Crippen LogP contribution < -0.4 is 5.73 Å². The first-order valence-electron chi connectivity index (χ1n) is 11.6. The highest BCUT2D eigenvalue weighted by atomic mass is 16.3. The minimum absolute atomic E-state index is 0.0398. The van der Waals surface area contributed by atoms with Gasteiger partial charge in [0.15, 0.2) is 11.6 Å². The van der Waals surface area contributed by atoms with E-state index >= 15 is 0 Å². The maximum Gasteiger partial charge on any atom is 0.255 e. The number of aliphatic hydroxyl groups excluding tert-OH is 2. The zero-order chi connectivity index (χ0) is 26.0. The molecule has 6 N–H and O–H groups in total. The van der Waals surface area contributed by atoms with Gasteiger partial charge in [-0.1, -0.05) is 18.2 Å². The Morgan fingerprint density at radius 3 is 2.25 bits per heavy atom. The van der Waals surface area contributed by atoms with E-state index in [0.29, 0.717) is 12.0 Å². The number of carbonyl (C=O) groups is 3. The monoisotopic (exact) mass is 490 g/mol. The van der Waals surface area contributed by atoms with Gasteiger partial charge in [-0.05, 0) is 73.7 Å². The van der Waals surface area contributed by atoms with Gasteiger partial charge in [0.25, 0.3) is 5.91 Å². The summed E-state index contributed by atoms with van der Waals surface area (Å²) in [7, 11) is 3.35. The lowest BCUT2D eigenvalue weighted by molar-refractivity contribution is -0.136. The maximum absolute atomic E-state index is 13.7. The average Bonchev–Trinajstić information content (AvgIpc) is 2.79. The lowest BCUT2D eigenvalue weighted by Crippen LogP contribution is -2.55. The van der Waals surface area contributed by atoms with Gasteiger partial charge >= 0.3 is 0 Å². The van der Waals surface area contributed by atoms with Crippen molar-refractivity contribution in [2.45, 2.75) is 18.9 Å². The molecule has 3 aliphatic rings. The molecular weight excluding hydrogens is 464 g/mol. The summed E-state index contributed by atoms with van der Waals surface area (Å²) in [6.07, 6.45) is 0.584. The number of nitrogens with zero attached hydrogens (tertiary/aromatic N) is 1. The number of aromatic hydroxyl groups is 2. The highest BCUT2D eigenvalue weighted by molar-refractivity contribution is 6.28. The van der Waals surface area contributed by atoms with Crippen molar-refractivity contribution in [3.8, 4) is 22.6 Å². The van der Waals surface area contributed by atoms with Gasteiger partial charge in [0.2, 0.25) is 0 Å². The third kappa shape index (κ3) is 3.30. The van der Waals surface area contributed by atoms with Crippen molar-refractivity contribution in [1.82, 2.24) is 4.90 Å². The lowest BCUT2D eigenvalue weighted by atomic mass is 9.59. The Hall–Kier alpha value is -4.11. The summed E-state index contributed by atoms with van der Waals surface area (Å²) in [6.45, 7) is 0. The van der Waals surface area contributed by atoms with Gasteiger partial charge < -0.3 is 26.2 Å². The normalized spacial score (nSPS) is 25.5. The van der Waals surface area contributed by atoms with Crippen LogP contribution in [0.1, 0.15) is 17.5 Å². The Balaban J connectivity index is 1.68. The first-order valence-corrected chi connectivity index (χ1v) is 11.6. The van der Waals surface area contributed by atoms with E-state index in [1.54, 1.807) is 37.2 Å². The number of phenolic OH excluding ortho intramolecular Hbond substituents is 2. The number of fused-ring (bicyclic) bond motifs is 3. The number of amides is 1. The van der Waals surface area contributed by atoms with Gasteiger partial charge in [0, 0.05) is 5.57 Å². The molecule has 9 heteroatoms. The molecule has 1 saturated carbocycles. The quantitative estimate of drug-likeness (QED) is 0.323. The smallest absolute Gasteiger partial charge is 0.255 e. The van der Waals surface area contributed by atoms with Crippen LogP contribution in [0.2, 0.25) is 0 Å². The van der Waals surface area contributed by atoms with Gasteiger partial charge in [0.05, 0.1) is 17.5 Å². The van der Waals surface area contributed by atoms with E-state index in [1.807, 2.05) is 0 Å². The Morgan fingerprint density at radius 1 is 0.972 bits per heavy atom. The second-order valence-electron chi connectivity index (χ2n) is 9.83. The Bertz CT molecular complexity index is 1390. The highest BCUT2D eigenvalue weighted by Gasteiger charge is 2.55. The van der Waals surface area contributed by atoms with Gasteiger partial charge in [-0.2, -0.15) is 0 Å². The van der Waals surface area contributed by atoms with Crippen molar-refractivity contribution in [2.75, 3.05) is 14.1 Å². The van der Waals surface area contributed by atoms with Crippen molar-refractivity contribution in [1.29, 1.82) is 0 Å². The Morgan fingerprint density at radius 2 is 1.64 bits per heavy atom. The third-order valence-electron chi connectivity index (χ3n) is 7.63. The summed E-state index contributed by atoms with van der Waals surface area (Å²) in [6, 6.07) is 8.86. The number of rotatable bonds is 3. The molecule has 0 aromatic heterocycles. The van der Waals surface area contributed by atoms with Gasteiger partial charge in [-0.25, -0.2) is 0 Å². The van der Waals surface area contributed by atoms with Crippen LogP contribution in [-0.4, -0.2) is 62.9 Å². The number of benzene rings is 2. The summed E-state index contributed by atoms with van der Waals surface area (Å²) < 4.78 is 0. The number of phenols is 2. The SMILES string of the molecule is CN(C)[C@@H]1C(O)=C(C(N)=O)C(=O)C2C(=O)C3=C(O)c4c(O)ccc(-c5ccc(O)cc5)c4C[C@H]3CC21. The van der Waals surface area contributed by atoms with E-state index in [0.717, 1.165) is 11.1 Å². The predicted molar refractivity (Wildman–Crippen MR) is 130 cm³/mol. The molecule has 36 heavy (non-hydrogen) atoms. The Kier molecular flexibility index (Phi) is 5.40. The van der Waals surface area contributed by atoms with Crippen LogP contribution in [0.15, 0.2) is 53.3 Å². The summed E-state index contributed by atoms with van der Waals surface area (Å²) in [5.41, 5.74) is 7.08. The van der Waals surface area contributed by atoms with Gasteiger partial charge in [-0.15, -0.1) is 0 Å². The number of aliphatic hydroxyl groups is 2. The molecule has 2 aromatic carbocycles. The molecule has 0 saturated heterocycles. The number of primary amides is 1. The first-order chi connectivity index (χ1) is 17.0. The fraction of sp³-hybridized carbons (Fsp3) is 0.296. The minimum atomic E-state index is -1.28. The number of hydrogen-bond donors (Lipinski definition) is 5. The predicted octanol–water partition coefficient (Wildman–Crippen LogP) is 2.22. The molecule has 0 bridgehead atoms. The molecule has 2 aromatic rings. The Labute approximate surface area is 206 Å². The number of Topliss-reactive ketones (excluding diaryl/α,β-unsaturated/α-hetero) is 2. The largest absolute Gasteiger partial charge is 0.510 e. The summed E-state index contributed by atoms with van der Waals surface area (Å²) >= 11 is 0. The zero-order valence-corrected chi connectivity index (χ0v) is 19.7. The van der Waals surface area contributed by atoms with Crippen LogP contribution in [0.3, 0.4) is 0 Å². The summed E-state index contributed by atoms with van der Waals surface area (Å²) in [5.74, 6) is -5.94. The van der Waals surface area contributed by atoms with E-state index < -0.39 is 58.4 Å². The van der Waals surface area contributed by atoms with Crippen LogP contribution in [0.25, 0.3) is 16.9 Å². The molecule has 2 unspecified atom stereocenters. The number of allylic oxidation sites excluding steroid dienone is 1. The van der Waals surface area contributed by atoms with Crippen molar-refractivity contribution in [2.24, 2.45) is 23.5 Å². The van der Waals surface area contributed by atoms with Crippen LogP contribution in [0.5, 0.6) is 11.5 Å². The molecule has 4 atom stereocenters. The summed E-state index contributed by atoms with van der Waals surface area (Å²) in [5, 5.41) is 42.4. The molecule has 5 rings (SSSR count). The molecule has 186 valence electrons. The second kappa shape index (κ2) is 8.23. The molecular formula is C27H26N2O7. The standard InChI is InChI=1S/C27H26N2O7/c1-29(2)22-16-10-12-9-15-14(11-3-5-13(30)6-4-11)7-8-17(31)19(15)23(32)18(12)24(33)20(16)25(34)21(26(22)35)27(28)36/h3-8,12,16,20,22,30-32,35H,9-10H2,1-2H3,(H2,28,36)/t12-,16?,20?,22-/m0/s1. The highest BCUT2D eigenvalue weighted by Crippen LogP contribution is 2.51. The number of nitrogens with two attached hydrogens (primary N) is 1. The van der Waals surface area contributed by atoms with Gasteiger partial charge in [-0.3, -0.25) is 19.3 Å². The first kappa shape index (κ1) is 23.6. The molecule has 3 aliphatic carbocycles. The van der Waals surface area contributed by atoms with E-state index in [2.05, 4.69) is 0 Å². The van der Waals surface area contributed by atoms with Crippen molar-refractivity contribution >= 4 is 23.2 Å². The molecule has 0 spiro atoms. The van der Waals surface area contributed by atoms with E-state index in [-0.39, 0.29) is 29.1 Å². The van der Waals surface area contributed by atoms with Crippen LogP contribution in [0, 0.1) is 17.8 Å². The van der Waals surface area contributed by atoms with Crippen LogP contribution in [-0.2, 0) is 20.8 Å². The molecule has 0 aliphatic heterocycles. The molecule has 0 heterocycles. The lowest BCUT2D eigenvalue weighted by Gasteiger charge is -2.46. The van der Waals surface area contributed by atoms with Crippen molar-refractivity contribution in [3.05, 3.63) is 64.4 Å².